The van der Waals surface area contributed by atoms with E-state index in [1.807, 2.05) is 18.2 Å². The van der Waals surface area contributed by atoms with Crippen molar-refractivity contribution in [2.75, 3.05) is 23.3 Å². The minimum atomic E-state index is -3.80. The van der Waals surface area contributed by atoms with Gasteiger partial charge >= 0.3 is 0 Å². The van der Waals surface area contributed by atoms with E-state index >= 15 is 0 Å². The van der Waals surface area contributed by atoms with E-state index in [1.54, 1.807) is 53.4 Å². The van der Waals surface area contributed by atoms with Crippen LogP contribution < -0.4 is 14.4 Å². The molecular formula is C23H22N2O4S. The van der Waals surface area contributed by atoms with Crippen molar-refractivity contribution in [2.24, 2.45) is 0 Å². The van der Waals surface area contributed by atoms with Gasteiger partial charge in [-0.15, -0.1) is 0 Å². The molecule has 0 fully saturated rings. The first-order valence-corrected chi connectivity index (χ1v) is 11.1. The number of rotatable bonds is 5. The standard InChI is InChI=1S/C23H22N2O4S/c1-29-22-12-6-5-11-20(22)24-30(27,28)19-13-14-21-18(16-19)10-7-15-25(21)23(26)17-8-3-2-4-9-17/h2-6,8-9,11-14,16,24H,7,10,15H2,1H3. The highest BCUT2D eigenvalue weighted by Crippen LogP contribution is 2.32. The maximum Gasteiger partial charge on any atom is 0.262 e. The normalized spacial score (nSPS) is 13.4. The molecule has 0 bridgehead atoms. The SMILES string of the molecule is COc1ccccc1NS(=O)(=O)c1ccc2c(c1)CCCN2C(=O)c1ccccc1. The number of carbonyl (C=O) groups is 1. The quantitative estimate of drug-likeness (QED) is 0.672. The minimum absolute atomic E-state index is 0.0840. The predicted molar refractivity (Wildman–Crippen MR) is 117 cm³/mol. The van der Waals surface area contributed by atoms with Crippen molar-refractivity contribution in [3.8, 4) is 5.75 Å². The Balaban J connectivity index is 1.64. The first-order valence-electron chi connectivity index (χ1n) is 9.65. The van der Waals surface area contributed by atoms with Crippen molar-refractivity contribution in [1.82, 2.24) is 0 Å². The van der Waals surface area contributed by atoms with Crippen LogP contribution in [-0.4, -0.2) is 28.0 Å². The molecule has 0 atom stereocenters. The fourth-order valence-corrected chi connectivity index (χ4v) is 4.74. The summed E-state index contributed by atoms with van der Waals surface area (Å²) < 4.78 is 33.7. The smallest absolute Gasteiger partial charge is 0.262 e. The summed E-state index contributed by atoms with van der Waals surface area (Å²) in [6.07, 6.45) is 1.49. The van der Waals surface area contributed by atoms with Gasteiger partial charge in [0.15, 0.2) is 0 Å². The topological polar surface area (TPSA) is 75.7 Å². The van der Waals surface area contributed by atoms with Crippen molar-refractivity contribution in [2.45, 2.75) is 17.7 Å². The maximum absolute atomic E-state index is 12.9. The molecule has 3 aromatic rings. The Bertz CT molecular complexity index is 1180. The summed E-state index contributed by atoms with van der Waals surface area (Å²) in [5.74, 6) is 0.359. The van der Waals surface area contributed by atoms with Gasteiger partial charge in [0.05, 0.1) is 17.7 Å². The number of aryl methyl sites for hydroxylation is 1. The molecule has 1 heterocycles. The lowest BCUT2D eigenvalue weighted by Crippen LogP contribution is -2.35. The number of para-hydroxylation sites is 2. The fraction of sp³-hybridized carbons (Fsp3) is 0.174. The number of nitrogens with one attached hydrogen (secondary N) is 1. The van der Waals surface area contributed by atoms with Gasteiger partial charge in [-0.3, -0.25) is 9.52 Å². The number of nitrogens with zero attached hydrogens (tertiary/aromatic N) is 1. The lowest BCUT2D eigenvalue weighted by Gasteiger charge is -2.30. The number of amides is 1. The van der Waals surface area contributed by atoms with Crippen molar-refractivity contribution in [3.05, 3.63) is 83.9 Å². The van der Waals surface area contributed by atoms with Crippen LogP contribution >= 0.6 is 0 Å². The molecule has 154 valence electrons. The van der Waals surface area contributed by atoms with E-state index in [0.29, 0.717) is 30.0 Å². The molecule has 6 nitrogen and oxygen atoms in total. The van der Waals surface area contributed by atoms with Gasteiger partial charge in [-0.05, 0) is 60.9 Å². The number of hydrogen-bond acceptors (Lipinski definition) is 4. The molecule has 1 N–H and O–H groups in total. The van der Waals surface area contributed by atoms with Crippen LogP contribution in [0.1, 0.15) is 22.3 Å². The molecule has 1 aliphatic rings. The zero-order valence-electron chi connectivity index (χ0n) is 16.5. The summed E-state index contributed by atoms with van der Waals surface area (Å²) in [7, 11) is -2.31. The van der Waals surface area contributed by atoms with Crippen molar-refractivity contribution in [1.29, 1.82) is 0 Å². The predicted octanol–water partition coefficient (Wildman–Crippen LogP) is 4.09. The summed E-state index contributed by atoms with van der Waals surface area (Å²) in [6, 6.07) is 20.8. The zero-order chi connectivity index (χ0) is 21.1. The fourth-order valence-electron chi connectivity index (χ4n) is 3.62. The number of fused-ring (bicyclic) bond motifs is 1. The third-order valence-electron chi connectivity index (χ3n) is 5.10. The van der Waals surface area contributed by atoms with Gasteiger partial charge in [-0.2, -0.15) is 0 Å². The highest BCUT2D eigenvalue weighted by atomic mass is 32.2. The molecule has 1 amide bonds. The molecule has 0 saturated heterocycles. The summed E-state index contributed by atoms with van der Waals surface area (Å²) in [5.41, 5.74) is 2.58. The van der Waals surface area contributed by atoms with Crippen molar-refractivity contribution in [3.63, 3.8) is 0 Å². The van der Waals surface area contributed by atoms with E-state index in [9.17, 15) is 13.2 Å². The first-order chi connectivity index (χ1) is 14.5. The molecule has 4 rings (SSSR count). The van der Waals surface area contributed by atoms with E-state index in [2.05, 4.69) is 4.72 Å². The summed E-state index contributed by atoms with van der Waals surface area (Å²) in [5, 5.41) is 0. The number of ether oxygens (including phenoxy) is 1. The summed E-state index contributed by atoms with van der Waals surface area (Å²) in [6.45, 7) is 0.603. The molecule has 7 heteroatoms. The average molecular weight is 423 g/mol. The van der Waals surface area contributed by atoms with Gasteiger partial charge in [-0.1, -0.05) is 30.3 Å². The third kappa shape index (κ3) is 3.89. The molecule has 0 aromatic heterocycles. The van der Waals surface area contributed by atoms with E-state index in [1.165, 1.54) is 13.2 Å². The Morgan fingerprint density at radius 1 is 1.00 bits per heavy atom. The molecule has 0 spiro atoms. The maximum atomic E-state index is 12.9. The lowest BCUT2D eigenvalue weighted by molar-refractivity contribution is 0.0985. The van der Waals surface area contributed by atoms with Crippen LogP contribution in [0.5, 0.6) is 5.75 Å². The summed E-state index contributed by atoms with van der Waals surface area (Å²) in [4.78, 5) is 14.8. The molecule has 3 aromatic carbocycles. The van der Waals surface area contributed by atoms with Gasteiger partial charge < -0.3 is 9.64 Å². The Morgan fingerprint density at radius 3 is 2.50 bits per heavy atom. The van der Waals surface area contributed by atoms with Gasteiger partial charge in [0.1, 0.15) is 5.75 Å². The van der Waals surface area contributed by atoms with Crippen molar-refractivity contribution < 1.29 is 17.9 Å². The van der Waals surface area contributed by atoms with Crippen LogP contribution in [0.4, 0.5) is 11.4 Å². The van der Waals surface area contributed by atoms with E-state index in [0.717, 1.165) is 17.7 Å². The molecule has 0 unspecified atom stereocenters. The Kier molecular flexibility index (Phi) is 5.46. The number of hydrogen-bond donors (Lipinski definition) is 1. The van der Waals surface area contributed by atoms with Gasteiger partial charge in [-0.25, -0.2) is 8.42 Å². The molecule has 0 aliphatic carbocycles. The lowest BCUT2D eigenvalue weighted by atomic mass is 10.0. The number of benzene rings is 3. The molecular weight excluding hydrogens is 400 g/mol. The van der Waals surface area contributed by atoms with Gasteiger partial charge in [0, 0.05) is 17.8 Å². The summed E-state index contributed by atoms with van der Waals surface area (Å²) >= 11 is 0. The minimum Gasteiger partial charge on any atom is -0.495 e. The molecule has 30 heavy (non-hydrogen) atoms. The molecule has 1 aliphatic heterocycles. The number of carbonyl (C=O) groups excluding carboxylic acids is 1. The Hall–Kier alpha value is -3.32. The van der Waals surface area contributed by atoms with E-state index < -0.39 is 10.0 Å². The van der Waals surface area contributed by atoms with Crippen LogP contribution in [-0.2, 0) is 16.4 Å². The molecule has 0 saturated carbocycles. The average Bonchev–Trinajstić information content (AvgIpc) is 2.78. The highest BCUT2D eigenvalue weighted by Gasteiger charge is 2.26. The Labute approximate surface area is 176 Å². The van der Waals surface area contributed by atoms with Crippen LogP contribution in [0.3, 0.4) is 0 Å². The first kappa shape index (κ1) is 20.0. The van der Waals surface area contributed by atoms with Gasteiger partial charge in [0.2, 0.25) is 0 Å². The Morgan fingerprint density at radius 2 is 1.73 bits per heavy atom. The zero-order valence-corrected chi connectivity index (χ0v) is 17.4. The van der Waals surface area contributed by atoms with Crippen LogP contribution in [0.15, 0.2) is 77.7 Å². The second-order valence-electron chi connectivity index (χ2n) is 7.02. The molecule has 0 radical (unpaired) electrons. The largest absolute Gasteiger partial charge is 0.495 e. The van der Waals surface area contributed by atoms with E-state index in [-0.39, 0.29) is 10.8 Å². The van der Waals surface area contributed by atoms with Crippen molar-refractivity contribution >= 4 is 27.3 Å². The van der Waals surface area contributed by atoms with Crippen LogP contribution in [0.25, 0.3) is 0 Å². The number of methoxy groups -OCH3 is 1. The number of anilines is 2. The second kappa shape index (κ2) is 8.20. The third-order valence-corrected chi connectivity index (χ3v) is 6.46. The second-order valence-corrected chi connectivity index (χ2v) is 8.71. The van der Waals surface area contributed by atoms with Crippen LogP contribution in [0, 0.1) is 0 Å². The number of sulfonamides is 1. The highest BCUT2D eigenvalue weighted by molar-refractivity contribution is 7.92. The van der Waals surface area contributed by atoms with E-state index in [4.69, 9.17) is 4.74 Å². The van der Waals surface area contributed by atoms with Crippen LogP contribution in [0.2, 0.25) is 0 Å². The monoisotopic (exact) mass is 422 g/mol. The van der Waals surface area contributed by atoms with Gasteiger partial charge in [0.25, 0.3) is 15.9 Å².